The maximum atomic E-state index is 14.1. The van der Waals surface area contributed by atoms with Crippen molar-refractivity contribution in [3.8, 4) is 0 Å². The quantitative estimate of drug-likeness (QED) is 0.242. The number of halogens is 5. The normalized spacial score (nSPS) is 14.9. The molecular formula is C32H34Cl2F3N3O4S. The Morgan fingerprint density at radius 2 is 1.64 bits per heavy atom. The van der Waals surface area contributed by atoms with E-state index < -0.39 is 46.2 Å². The number of nitrogens with one attached hydrogen (secondary N) is 1. The van der Waals surface area contributed by atoms with Crippen LogP contribution in [0.3, 0.4) is 0 Å². The molecule has 45 heavy (non-hydrogen) atoms. The van der Waals surface area contributed by atoms with Crippen molar-refractivity contribution in [3.63, 3.8) is 0 Å². The number of alkyl halides is 3. The largest absolute Gasteiger partial charge is 0.416 e. The van der Waals surface area contributed by atoms with Gasteiger partial charge in [0.15, 0.2) is 0 Å². The Kier molecular flexibility index (Phi) is 11.1. The second-order valence-corrected chi connectivity index (χ2v) is 13.9. The van der Waals surface area contributed by atoms with Crippen LogP contribution in [0.25, 0.3) is 0 Å². The van der Waals surface area contributed by atoms with E-state index in [1.807, 2.05) is 0 Å². The predicted molar refractivity (Wildman–Crippen MR) is 169 cm³/mol. The van der Waals surface area contributed by atoms with Crippen LogP contribution in [-0.2, 0) is 32.3 Å². The van der Waals surface area contributed by atoms with E-state index in [1.165, 1.54) is 36.1 Å². The van der Waals surface area contributed by atoms with Gasteiger partial charge in [0.25, 0.3) is 10.0 Å². The topological polar surface area (TPSA) is 86.8 Å². The van der Waals surface area contributed by atoms with Gasteiger partial charge in [-0.25, -0.2) is 8.42 Å². The van der Waals surface area contributed by atoms with E-state index >= 15 is 0 Å². The van der Waals surface area contributed by atoms with Gasteiger partial charge >= 0.3 is 6.18 Å². The average molecular weight is 685 g/mol. The number of nitrogens with zero attached hydrogens (tertiary/aromatic N) is 2. The molecule has 0 saturated heterocycles. The zero-order valence-electron chi connectivity index (χ0n) is 24.8. The van der Waals surface area contributed by atoms with Crippen LogP contribution in [0.2, 0.25) is 10.0 Å². The Balaban J connectivity index is 1.74. The lowest BCUT2D eigenvalue weighted by molar-refractivity contribution is -0.139. The van der Waals surface area contributed by atoms with Crippen molar-refractivity contribution in [1.82, 2.24) is 10.2 Å². The van der Waals surface area contributed by atoms with Gasteiger partial charge in [-0.15, -0.1) is 0 Å². The van der Waals surface area contributed by atoms with E-state index in [0.717, 1.165) is 49.8 Å². The Morgan fingerprint density at radius 3 is 2.27 bits per heavy atom. The Hall–Kier alpha value is -3.28. The van der Waals surface area contributed by atoms with Gasteiger partial charge in [0.2, 0.25) is 11.8 Å². The van der Waals surface area contributed by atoms with Gasteiger partial charge in [-0.3, -0.25) is 13.9 Å². The van der Waals surface area contributed by atoms with Crippen molar-refractivity contribution in [2.75, 3.05) is 10.8 Å². The average Bonchev–Trinajstić information content (AvgIpc) is 2.99. The van der Waals surface area contributed by atoms with Crippen LogP contribution in [0.1, 0.15) is 55.7 Å². The van der Waals surface area contributed by atoms with Crippen LogP contribution in [0.5, 0.6) is 0 Å². The number of rotatable bonds is 10. The Morgan fingerprint density at radius 1 is 0.978 bits per heavy atom. The van der Waals surface area contributed by atoms with Crippen molar-refractivity contribution in [2.45, 2.75) is 75.7 Å². The summed E-state index contributed by atoms with van der Waals surface area (Å²) in [5.74, 6) is -1.26. The molecule has 0 spiro atoms. The zero-order chi connectivity index (χ0) is 32.9. The maximum absolute atomic E-state index is 14.1. The molecule has 0 radical (unpaired) electrons. The molecule has 1 aliphatic rings. The van der Waals surface area contributed by atoms with E-state index in [4.69, 9.17) is 23.2 Å². The molecule has 2 amide bonds. The second-order valence-electron chi connectivity index (χ2n) is 11.1. The molecule has 4 rings (SSSR count). The number of carbonyl (C=O) groups excluding carboxylic acids is 2. The molecule has 242 valence electrons. The van der Waals surface area contributed by atoms with E-state index in [1.54, 1.807) is 31.2 Å². The van der Waals surface area contributed by atoms with Gasteiger partial charge in [0, 0.05) is 22.6 Å². The summed E-state index contributed by atoms with van der Waals surface area (Å²) in [6.07, 6.45) is -0.164. The number of amides is 2. The first-order valence-corrected chi connectivity index (χ1v) is 16.7. The Labute approximate surface area is 271 Å². The molecule has 0 heterocycles. The first-order valence-electron chi connectivity index (χ1n) is 14.5. The van der Waals surface area contributed by atoms with Crippen LogP contribution in [0.4, 0.5) is 18.9 Å². The SMILES string of the molecule is Cc1ccc(S(=O)(=O)N(CC(=O)N(Cc2ccc(Cl)cc2Cl)C(C)C(=O)NC2CCCCC2)c2cccc(C(F)(F)F)c2)cc1. The molecule has 1 unspecified atom stereocenters. The summed E-state index contributed by atoms with van der Waals surface area (Å²) in [5, 5.41) is 3.57. The van der Waals surface area contributed by atoms with Crippen molar-refractivity contribution >= 4 is 50.7 Å². The van der Waals surface area contributed by atoms with E-state index in [0.29, 0.717) is 21.0 Å². The van der Waals surface area contributed by atoms with Crippen LogP contribution >= 0.6 is 23.2 Å². The molecule has 0 aliphatic heterocycles. The molecule has 1 fully saturated rings. The first-order chi connectivity index (χ1) is 21.2. The fourth-order valence-electron chi connectivity index (χ4n) is 5.19. The third-order valence-corrected chi connectivity index (χ3v) is 10.2. The van der Waals surface area contributed by atoms with E-state index in [-0.39, 0.29) is 28.2 Å². The number of benzene rings is 3. The fraction of sp³-hybridized carbons (Fsp3) is 0.375. The summed E-state index contributed by atoms with van der Waals surface area (Å²) >= 11 is 12.5. The number of sulfonamides is 1. The van der Waals surface area contributed by atoms with Gasteiger partial charge < -0.3 is 10.2 Å². The van der Waals surface area contributed by atoms with Crippen molar-refractivity contribution < 1.29 is 31.2 Å². The standard InChI is InChI=1S/C32H34Cl2F3N3O4S/c1-21-11-15-28(16-12-21)45(43,44)40(27-10-6-7-24(17-27)32(35,36)37)20-30(41)39(19-23-13-14-25(33)18-29(23)34)22(2)31(42)38-26-8-4-3-5-9-26/h6-7,10-18,22,26H,3-5,8-9,19-20H2,1-2H3,(H,38,42). The number of anilines is 1. The highest BCUT2D eigenvalue weighted by Gasteiger charge is 2.36. The summed E-state index contributed by atoms with van der Waals surface area (Å²) in [6.45, 7) is 2.20. The van der Waals surface area contributed by atoms with Gasteiger partial charge in [-0.1, -0.05) is 72.3 Å². The zero-order valence-corrected chi connectivity index (χ0v) is 27.1. The number of aryl methyl sites for hydroxylation is 1. The summed E-state index contributed by atoms with van der Waals surface area (Å²) in [7, 11) is -4.54. The summed E-state index contributed by atoms with van der Waals surface area (Å²) in [4.78, 5) is 28.5. The molecule has 3 aromatic carbocycles. The summed E-state index contributed by atoms with van der Waals surface area (Å²) < 4.78 is 69.5. The third kappa shape index (κ3) is 8.71. The second kappa shape index (κ2) is 14.4. The highest BCUT2D eigenvalue weighted by Crippen LogP contribution is 2.34. The Bertz CT molecular complexity index is 1630. The molecule has 3 aromatic rings. The maximum Gasteiger partial charge on any atom is 0.416 e. The smallest absolute Gasteiger partial charge is 0.352 e. The summed E-state index contributed by atoms with van der Waals surface area (Å²) in [5.41, 5.74) is -0.234. The van der Waals surface area contributed by atoms with Crippen LogP contribution in [-0.4, -0.2) is 43.8 Å². The van der Waals surface area contributed by atoms with Crippen molar-refractivity contribution in [2.24, 2.45) is 0 Å². The lowest BCUT2D eigenvalue weighted by Gasteiger charge is -2.33. The minimum absolute atomic E-state index is 0.0618. The lowest BCUT2D eigenvalue weighted by Crippen LogP contribution is -2.53. The molecule has 1 saturated carbocycles. The molecule has 1 atom stereocenters. The van der Waals surface area contributed by atoms with Gasteiger partial charge in [-0.2, -0.15) is 13.2 Å². The van der Waals surface area contributed by atoms with Crippen LogP contribution in [0.15, 0.2) is 71.6 Å². The fourth-order valence-corrected chi connectivity index (χ4v) is 7.06. The molecule has 0 bridgehead atoms. The van der Waals surface area contributed by atoms with Crippen molar-refractivity contribution in [1.29, 1.82) is 0 Å². The van der Waals surface area contributed by atoms with Crippen molar-refractivity contribution in [3.05, 3.63) is 93.5 Å². The predicted octanol–water partition coefficient (Wildman–Crippen LogP) is 7.38. The highest BCUT2D eigenvalue weighted by molar-refractivity contribution is 7.92. The highest BCUT2D eigenvalue weighted by atomic mass is 35.5. The third-order valence-electron chi connectivity index (χ3n) is 7.82. The molecular weight excluding hydrogens is 650 g/mol. The monoisotopic (exact) mass is 683 g/mol. The molecule has 13 heteroatoms. The summed E-state index contributed by atoms with van der Waals surface area (Å²) in [6, 6.07) is 13.0. The molecule has 0 aromatic heterocycles. The first kappa shape index (κ1) is 34.6. The van der Waals surface area contributed by atoms with E-state index in [2.05, 4.69) is 5.32 Å². The van der Waals surface area contributed by atoms with Crippen LogP contribution in [0, 0.1) is 6.92 Å². The van der Waals surface area contributed by atoms with Gasteiger partial charge in [-0.05, 0) is 74.7 Å². The molecule has 7 nitrogen and oxygen atoms in total. The number of carbonyl (C=O) groups is 2. The lowest BCUT2D eigenvalue weighted by atomic mass is 9.95. The van der Waals surface area contributed by atoms with Gasteiger partial charge in [0.05, 0.1) is 16.1 Å². The minimum atomic E-state index is -4.76. The number of hydrogen-bond donors (Lipinski definition) is 1. The van der Waals surface area contributed by atoms with Gasteiger partial charge in [0.1, 0.15) is 12.6 Å². The van der Waals surface area contributed by atoms with Crippen LogP contribution < -0.4 is 9.62 Å². The molecule has 1 aliphatic carbocycles. The van der Waals surface area contributed by atoms with E-state index in [9.17, 15) is 31.2 Å². The minimum Gasteiger partial charge on any atom is -0.352 e. The molecule has 1 N–H and O–H groups in total. The number of hydrogen-bond acceptors (Lipinski definition) is 4.